The lowest BCUT2D eigenvalue weighted by Crippen LogP contribution is -2.45. The van der Waals surface area contributed by atoms with Crippen molar-refractivity contribution < 1.29 is 19.1 Å². The van der Waals surface area contributed by atoms with Gasteiger partial charge in [0.15, 0.2) is 6.61 Å². The third-order valence-corrected chi connectivity index (χ3v) is 3.29. The summed E-state index contributed by atoms with van der Waals surface area (Å²) in [6, 6.07) is 16.9. The molecule has 0 fully saturated rings. The molecule has 6 nitrogen and oxygen atoms in total. The van der Waals surface area contributed by atoms with Gasteiger partial charge in [0, 0.05) is 5.92 Å². The molecule has 2 amide bonds. The molecule has 25 heavy (non-hydrogen) atoms. The largest absolute Gasteiger partial charge is 0.489 e. The second kappa shape index (κ2) is 9.32. The second-order valence-corrected chi connectivity index (χ2v) is 5.73. The van der Waals surface area contributed by atoms with E-state index in [4.69, 9.17) is 9.47 Å². The Bertz CT molecular complexity index is 684. The van der Waals surface area contributed by atoms with Crippen LogP contribution < -0.4 is 20.3 Å². The van der Waals surface area contributed by atoms with E-state index >= 15 is 0 Å². The summed E-state index contributed by atoms with van der Waals surface area (Å²) >= 11 is 0. The predicted molar refractivity (Wildman–Crippen MR) is 93.8 cm³/mol. The van der Waals surface area contributed by atoms with Gasteiger partial charge >= 0.3 is 0 Å². The average Bonchev–Trinajstić information content (AvgIpc) is 2.64. The average molecular weight is 342 g/mol. The van der Waals surface area contributed by atoms with E-state index in [-0.39, 0.29) is 18.4 Å². The molecule has 2 aromatic rings. The Morgan fingerprint density at radius 3 is 2.08 bits per heavy atom. The van der Waals surface area contributed by atoms with E-state index in [0.717, 1.165) is 5.56 Å². The predicted octanol–water partition coefficient (Wildman–Crippen LogP) is 2.45. The topological polar surface area (TPSA) is 76.7 Å². The summed E-state index contributed by atoms with van der Waals surface area (Å²) in [5.74, 6) is 0.360. The van der Waals surface area contributed by atoms with Crippen molar-refractivity contribution >= 4 is 11.8 Å². The molecule has 2 rings (SSSR count). The van der Waals surface area contributed by atoms with E-state index < -0.39 is 5.91 Å². The van der Waals surface area contributed by atoms with Gasteiger partial charge in [0.25, 0.3) is 5.91 Å². The monoisotopic (exact) mass is 342 g/mol. The van der Waals surface area contributed by atoms with Gasteiger partial charge in [0.2, 0.25) is 5.91 Å². The van der Waals surface area contributed by atoms with E-state index in [2.05, 4.69) is 10.9 Å². The summed E-state index contributed by atoms with van der Waals surface area (Å²) in [6.45, 7) is 3.76. The smallest absolute Gasteiger partial charge is 0.276 e. The van der Waals surface area contributed by atoms with Gasteiger partial charge in [-0.1, -0.05) is 44.2 Å². The van der Waals surface area contributed by atoms with E-state index in [9.17, 15) is 9.59 Å². The molecule has 0 bridgehead atoms. The van der Waals surface area contributed by atoms with Gasteiger partial charge in [0.05, 0.1) is 0 Å². The fourth-order valence-electron chi connectivity index (χ4n) is 1.83. The number of ether oxygens (including phenoxy) is 2. The highest BCUT2D eigenvalue weighted by Crippen LogP contribution is 2.18. The molecule has 0 saturated heterocycles. The molecule has 0 aromatic heterocycles. The van der Waals surface area contributed by atoms with Crippen LogP contribution >= 0.6 is 0 Å². The minimum absolute atomic E-state index is 0.192. The zero-order valence-corrected chi connectivity index (χ0v) is 14.3. The van der Waals surface area contributed by atoms with Crippen molar-refractivity contribution in [1.82, 2.24) is 10.9 Å². The van der Waals surface area contributed by atoms with Gasteiger partial charge < -0.3 is 9.47 Å². The molecule has 0 heterocycles. The minimum Gasteiger partial charge on any atom is -0.489 e. The summed E-state index contributed by atoms with van der Waals surface area (Å²) in [4.78, 5) is 22.9. The molecule has 132 valence electrons. The standard InChI is InChI=1S/C19H22N2O4/c1-14(2)19(23)21-20-18(22)13-25-17-10-8-16(9-11-17)24-12-15-6-4-3-5-7-15/h3-11,14H,12-13H2,1-2H3,(H,20,22)(H,21,23). The minimum atomic E-state index is -0.432. The van der Waals surface area contributed by atoms with Crippen molar-refractivity contribution in [3.8, 4) is 11.5 Å². The number of carbonyl (C=O) groups is 2. The fraction of sp³-hybridized carbons (Fsp3) is 0.263. The Hall–Kier alpha value is -3.02. The lowest BCUT2D eigenvalue weighted by atomic mass is 10.2. The molecule has 0 atom stereocenters. The fourth-order valence-corrected chi connectivity index (χ4v) is 1.83. The summed E-state index contributed by atoms with van der Waals surface area (Å²) in [6.07, 6.45) is 0. The molecule has 0 spiro atoms. The van der Waals surface area contributed by atoms with Crippen LogP contribution in [0.15, 0.2) is 54.6 Å². The molecule has 2 N–H and O–H groups in total. The molecule has 6 heteroatoms. The second-order valence-electron chi connectivity index (χ2n) is 5.73. The summed E-state index contributed by atoms with van der Waals surface area (Å²) < 4.78 is 11.0. The molecule has 0 unspecified atom stereocenters. The first kappa shape index (κ1) is 18.3. The third-order valence-electron chi connectivity index (χ3n) is 3.29. The number of amides is 2. The van der Waals surface area contributed by atoms with Crippen LogP contribution in [-0.4, -0.2) is 18.4 Å². The Balaban J connectivity index is 1.73. The Labute approximate surface area is 147 Å². The number of carbonyl (C=O) groups excluding carboxylic acids is 2. The van der Waals surface area contributed by atoms with Gasteiger partial charge in [-0.15, -0.1) is 0 Å². The summed E-state index contributed by atoms with van der Waals surface area (Å²) in [7, 11) is 0. The molecule has 0 aliphatic heterocycles. The molecule has 0 aliphatic rings. The van der Waals surface area contributed by atoms with Crippen LogP contribution in [0.5, 0.6) is 11.5 Å². The Morgan fingerprint density at radius 2 is 1.48 bits per heavy atom. The molecule has 0 saturated carbocycles. The zero-order chi connectivity index (χ0) is 18.1. The van der Waals surface area contributed by atoms with Crippen molar-refractivity contribution in [3.05, 3.63) is 60.2 Å². The van der Waals surface area contributed by atoms with E-state index in [1.54, 1.807) is 38.1 Å². The van der Waals surface area contributed by atoms with Crippen molar-refractivity contribution in [2.75, 3.05) is 6.61 Å². The summed E-state index contributed by atoms with van der Waals surface area (Å²) in [5, 5.41) is 0. The first-order valence-electron chi connectivity index (χ1n) is 8.03. The van der Waals surface area contributed by atoms with Crippen molar-refractivity contribution in [2.45, 2.75) is 20.5 Å². The number of hydrogen-bond acceptors (Lipinski definition) is 4. The van der Waals surface area contributed by atoms with Crippen LogP contribution in [0.3, 0.4) is 0 Å². The number of nitrogens with one attached hydrogen (secondary N) is 2. The first-order chi connectivity index (χ1) is 12.0. The maximum atomic E-state index is 11.6. The lowest BCUT2D eigenvalue weighted by Gasteiger charge is -2.11. The van der Waals surface area contributed by atoms with Gasteiger partial charge in [-0.05, 0) is 29.8 Å². The molecular weight excluding hydrogens is 320 g/mol. The normalized spacial score (nSPS) is 10.2. The maximum Gasteiger partial charge on any atom is 0.276 e. The van der Waals surface area contributed by atoms with Crippen LogP contribution in [0, 0.1) is 5.92 Å². The van der Waals surface area contributed by atoms with Crippen molar-refractivity contribution in [2.24, 2.45) is 5.92 Å². The molecular formula is C19H22N2O4. The zero-order valence-electron chi connectivity index (χ0n) is 14.3. The van der Waals surface area contributed by atoms with Gasteiger partial charge in [-0.25, -0.2) is 0 Å². The van der Waals surface area contributed by atoms with E-state index in [1.807, 2.05) is 30.3 Å². The molecule has 2 aromatic carbocycles. The van der Waals surface area contributed by atoms with E-state index in [1.165, 1.54) is 0 Å². The number of hydrazine groups is 1. The van der Waals surface area contributed by atoms with E-state index in [0.29, 0.717) is 18.1 Å². The highest BCUT2D eigenvalue weighted by atomic mass is 16.5. The third kappa shape index (κ3) is 6.55. The Morgan fingerprint density at radius 1 is 0.880 bits per heavy atom. The quantitative estimate of drug-likeness (QED) is 0.758. The summed E-state index contributed by atoms with van der Waals surface area (Å²) in [5.41, 5.74) is 5.70. The maximum absolute atomic E-state index is 11.6. The van der Waals surface area contributed by atoms with Crippen LogP contribution in [0.2, 0.25) is 0 Å². The van der Waals surface area contributed by atoms with Crippen LogP contribution in [0.4, 0.5) is 0 Å². The highest BCUT2D eigenvalue weighted by Gasteiger charge is 2.08. The number of benzene rings is 2. The van der Waals surface area contributed by atoms with Crippen LogP contribution in [0.1, 0.15) is 19.4 Å². The van der Waals surface area contributed by atoms with Crippen molar-refractivity contribution in [3.63, 3.8) is 0 Å². The SMILES string of the molecule is CC(C)C(=O)NNC(=O)COc1ccc(OCc2ccccc2)cc1. The van der Waals surface area contributed by atoms with Gasteiger partial charge in [-0.3, -0.25) is 20.4 Å². The molecule has 0 radical (unpaired) electrons. The first-order valence-corrected chi connectivity index (χ1v) is 8.03. The lowest BCUT2D eigenvalue weighted by molar-refractivity contribution is -0.131. The van der Waals surface area contributed by atoms with Gasteiger partial charge in [-0.2, -0.15) is 0 Å². The highest BCUT2D eigenvalue weighted by molar-refractivity contribution is 5.83. The van der Waals surface area contributed by atoms with Crippen molar-refractivity contribution in [1.29, 1.82) is 0 Å². The van der Waals surface area contributed by atoms with Crippen LogP contribution in [-0.2, 0) is 16.2 Å². The van der Waals surface area contributed by atoms with Gasteiger partial charge in [0.1, 0.15) is 18.1 Å². The molecule has 0 aliphatic carbocycles. The Kier molecular flexibility index (Phi) is 6.83. The number of hydrogen-bond donors (Lipinski definition) is 2. The van der Waals surface area contributed by atoms with Crippen LogP contribution in [0.25, 0.3) is 0 Å². The number of rotatable bonds is 7.